The van der Waals surface area contributed by atoms with Gasteiger partial charge in [0.15, 0.2) is 0 Å². The Hall–Kier alpha value is -3.05. The van der Waals surface area contributed by atoms with E-state index in [0.717, 1.165) is 46.8 Å². The van der Waals surface area contributed by atoms with Gasteiger partial charge >= 0.3 is 0 Å². The molecule has 0 bridgehead atoms. The summed E-state index contributed by atoms with van der Waals surface area (Å²) < 4.78 is 11.8. The molecule has 0 saturated heterocycles. The molecule has 5 heteroatoms. The molecule has 3 aromatic rings. The predicted molar refractivity (Wildman–Crippen MR) is 107 cm³/mol. The molecule has 0 atom stereocenters. The van der Waals surface area contributed by atoms with E-state index >= 15 is 0 Å². The van der Waals surface area contributed by atoms with Gasteiger partial charge in [-0.3, -0.25) is 0 Å². The Labute approximate surface area is 159 Å². The van der Waals surface area contributed by atoms with Gasteiger partial charge in [0, 0.05) is 30.7 Å². The average Bonchev–Trinajstić information content (AvgIpc) is 3.16. The standard InChI is InChI=1S/C22H23N3O2/c1-15-6-3-10-20(25(2)23)18(15)14-27-21-11-5-9-19(24-21)17-8-4-7-16-12-13-26-22(16)17/h3-11H,12-14,23H2,1-2H3. The molecule has 138 valence electrons. The van der Waals surface area contributed by atoms with Crippen LogP contribution < -0.4 is 20.3 Å². The maximum absolute atomic E-state index is 6.01. The van der Waals surface area contributed by atoms with Crippen LogP contribution in [0.25, 0.3) is 11.3 Å². The Morgan fingerprint density at radius 3 is 2.78 bits per heavy atom. The number of hydrogen-bond donors (Lipinski definition) is 1. The van der Waals surface area contributed by atoms with Crippen molar-refractivity contribution in [3.63, 3.8) is 0 Å². The molecule has 0 amide bonds. The van der Waals surface area contributed by atoms with Gasteiger partial charge in [-0.05, 0) is 36.2 Å². The maximum Gasteiger partial charge on any atom is 0.214 e. The van der Waals surface area contributed by atoms with Crippen LogP contribution in [0.4, 0.5) is 5.69 Å². The highest BCUT2D eigenvalue weighted by Gasteiger charge is 2.18. The quantitative estimate of drug-likeness (QED) is 0.552. The second-order valence-corrected chi connectivity index (χ2v) is 6.73. The zero-order valence-corrected chi connectivity index (χ0v) is 15.6. The largest absolute Gasteiger partial charge is 0.492 e. The number of aryl methyl sites for hydroxylation is 1. The van der Waals surface area contributed by atoms with E-state index in [4.69, 9.17) is 20.3 Å². The lowest BCUT2D eigenvalue weighted by Gasteiger charge is -2.19. The topological polar surface area (TPSA) is 60.6 Å². The average molecular weight is 361 g/mol. The van der Waals surface area contributed by atoms with Crippen molar-refractivity contribution in [3.05, 3.63) is 71.3 Å². The van der Waals surface area contributed by atoms with Crippen LogP contribution in [0.3, 0.4) is 0 Å². The lowest BCUT2D eigenvalue weighted by Crippen LogP contribution is -2.26. The number of ether oxygens (including phenoxy) is 2. The first kappa shape index (κ1) is 17.4. The number of hydrazine groups is 1. The summed E-state index contributed by atoms with van der Waals surface area (Å²) in [7, 11) is 1.83. The Balaban J connectivity index is 1.59. The first-order chi connectivity index (χ1) is 13.1. The van der Waals surface area contributed by atoms with Crippen molar-refractivity contribution < 1.29 is 9.47 Å². The van der Waals surface area contributed by atoms with Crippen LogP contribution in [-0.2, 0) is 13.0 Å². The molecule has 1 aliphatic rings. The molecule has 0 radical (unpaired) electrons. The summed E-state index contributed by atoms with van der Waals surface area (Å²) in [5.41, 5.74) is 6.23. The molecular formula is C22H23N3O2. The molecule has 0 aliphatic carbocycles. The van der Waals surface area contributed by atoms with Gasteiger partial charge in [-0.25, -0.2) is 10.8 Å². The molecule has 0 saturated carbocycles. The highest BCUT2D eigenvalue weighted by Crippen LogP contribution is 2.36. The predicted octanol–water partition coefficient (Wildman–Crippen LogP) is 3.88. The van der Waals surface area contributed by atoms with Crippen molar-refractivity contribution in [2.24, 2.45) is 5.84 Å². The molecule has 0 spiro atoms. The third kappa shape index (κ3) is 3.46. The van der Waals surface area contributed by atoms with Gasteiger partial charge < -0.3 is 14.5 Å². The van der Waals surface area contributed by atoms with Crippen molar-refractivity contribution in [1.29, 1.82) is 0 Å². The van der Waals surface area contributed by atoms with Gasteiger partial charge in [0.05, 0.1) is 18.0 Å². The van der Waals surface area contributed by atoms with Crippen molar-refractivity contribution in [1.82, 2.24) is 4.98 Å². The number of fused-ring (bicyclic) bond motifs is 1. The van der Waals surface area contributed by atoms with E-state index in [1.54, 1.807) is 5.01 Å². The minimum atomic E-state index is 0.406. The molecule has 27 heavy (non-hydrogen) atoms. The Kier molecular flexibility index (Phi) is 4.69. The van der Waals surface area contributed by atoms with E-state index in [0.29, 0.717) is 12.5 Å². The van der Waals surface area contributed by atoms with E-state index in [-0.39, 0.29) is 0 Å². The third-order valence-corrected chi connectivity index (χ3v) is 4.84. The Morgan fingerprint density at radius 2 is 1.93 bits per heavy atom. The molecule has 0 unspecified atom stereocenters. The summed E-state index contributed by atoms with van der Waals surface area (Å²) in [5, 5.41) is 1.61. The SMILES string of the molecule is Cc1cccc(N(C)N)c1COc1cccc(-c2cccc3c2OCC3)n1. The Bertz CT molecular complexity index is 970. The fourth-order valence-electron chi connectivity index (χ4n) is 3.41. The molecule has 2 aromatic carbocycles. The normalized spacial score (nSPS) is 12.4. The van der Waals surface area contributed by atoms with Gasteiger partial charge in [-0.1, -0.05) is 30.3 Å². The molecule has 4 rings (SSSR count). The molecule has 5 nitrogen and oxygen atoms in total. The number of nitrogens with zero attached hydrogens (tertiary/aromatic N) is 2. The highest BCUT2D eigenvalue weighted by molar-refractivity contribution is 5.70. The first-order valence-electron chi connectivity index (χ1n) is 9.05. The van der Waals surface area contributed by atoms with Gasteiger partial charge in [-0.2, -0.15) is 0 Å². The fraction of sp³-hybridized carbons (Fsp3) is 0.227. The van der Waals surface area contributed by atoms with Crippen molar-refractivity contribution in [3.8, 4) is 22.9 Å². The molecule has 2 N–H and O–H groups in total. The van der Waals surface area contributed by atoms with Gasteiger partial charge in [0.2, 0.25) is 5.88 Å². The van der Waals surface area contributed by atoms with Crippen molar-refractivity contribution in [2.45, 2.75) is 20.0 Å². The van der Waals surface area contributed by atoms with E-state index in [1.807, 2.05) is 43.4 Å². The summed E-state index contributed by atoms with van der Waals surface area (Å²) in [5.74, 6) is 7.47. The summed E-state index contributed by atoms with van der Waals surface area (Å²) in [6.45, 7) is 3.19. The van der Waals surface area contributed by atoms with E-state index < -0.39 is 0 Å². The minimum absolute atomic E-state index is 0.406. The summed E-state index contributed by atoms with van der Waals surface area (Å²) in [4.78, 5) is 4.69. The van der Waals surface area contributed by atoms with E-state index in [1.165, 1.54) is 5.56 Å². The molecule has 1 aromatic heterocycles. The molecule has 0 fully saturated rings. The lowest BCUT2D eigenvalue weighted by atomic mass is 10.1. The third-order valence-electron chi connectivity index (χ3n) is 4.84. The number of para-hydroxylation sites is 1. The van der Waals surface area contributed by atoms with Crippen LogP contribution in [0, 0.1) is 6.92 Å². The lowest BCUT2D eigenvalue weighted by molar-refractivity contribution is 0.293. The minimum Gasteiger partial charge on any atom is -0.492 e. The number of rotatable bonds is 5. The zero-order valence-electron chi connectivity index (χ0n) is 15.6. The highest BCUT2D eigenvalue weighted by atomic mass is 16.5. The second-order valence-electron chi connectivity index (χ2n) is 6.73. The fourth-order valence-corrected chi connectivity index (χ4v) is 3.41. The number of anilines is 1. The number of benzene rings is 2. The maximum atomic E-state index is 6.01. The van der Waals surface area contributed by atoms with Gasteiger partial charge in [0.25, 0.3) is 0 Å². The van der Waals surface area contributed by atoms with Crippen LogP contribution >= 0.6 is 0 Å². The summed E-state index contributed by atoms with van der Waals surface area (Å²) >= 11 is 0. The van der Waals surface area contributed by atoms with Gasteiger partial charge in [-0.15, -0.1) is 0 Å². The second kappa shape index (κ2) is 7.29. The van der Waals surface area contributed by atoms with Crippen LogP contribution in [-0.4, -0.2) is 18.6 Å². The van der Waals surface area contributed by atoms with Crippen LogP contribution in [0.2, 0.25) is 0 Å². The van der Waals surface area contributed by atoms with Crippen molar-refractivity contribution >= 4 is 5.69 Å². The molecular weight excluding hydrogens is 338 g/mol. The zero-order chi connectivity index (χ0) is 18.8. The number of pyridine rings is 1. The number of hydrogen-bond acceptors (Lipinski definition) is 5. The van der Waals surface area contributed by atoms with Crippen LogP contribution in [0.1, 0.15) is 16.7 Å². The molecule has 1 aliphatic heterocycles. The van der Waals surface area contributed by atoms with E-state index in [2.05, 4.69) is 25.1 Å². The number of nitrogens with two attached hydrogens (primary N) is 1. The molecule has 2 heterocycles. The Morgan fingerprint density at radius 1 is 1.11 bits per heavy atom. The van der Waals surface area contributed by atoms with E-state index in [9.17, 15) is 0 Å². The first-order valence-corrected chi connectivity index (χ1v) is 9.05. The van der Waals surface area contributed by atoms with Gasteiger partial charge in [0.1, 0.15) is 12.4 Å². The monoisotopic (exact) mass is 361 g/mol. The van der Waals surface area contributed by atoms with Crippen LogP contribution in [0.5, 0.6) is 11.6 Å². The summed E-state index contributed by atoms with van der Waals surface area (Å²) in [6, 6.07) is 18.0. The van der Waals surface area contributed by atoms with Crippen molar-refractivity contribution in [2.75, 3.05) is 18.7 Å². The summed E-state index contributed by atoms with van der Waals surface area (Å²) in [6.07, 6.45) is 0.946. The smallest absolute Gasteiger partial charge is 0.214 e. The van der Waals surface area contributed by atoms with Crippen LogP contribution in [0.15, 0.2) is 54.6 Å². The number of aromatic nitrogens is 1.